The van der Waals surface area contributed by atoms with Crippen molar-refractivity contribution in [3.8, 4) is 0 Å². The van der Waals surface area contributed by atoms with E-state index in [0.717, 1.165) is 31.5 Å². The number of rotatable bonds is 3. The van der Waals surface area contributed by atoms with E-state index in [1.165, 1.54) is 17.2 Å². The van der Waals surface area contributed by atoms with Crippen LogP contribution in [0.5, 0.6) is 0 Å². The second-order valence-corrected chi connectivity index (χ2v) is 5.12. The molecule has 1 unspecified atom stereocenters. The van der Waals surface area contributed by atoms with Gasteiger partial charge in [-0.2, -0.15) is 5.10 Å². The van der Waals surface area contributed by atoms with Crippen LogP contribution < -0.4 is 5.56 Å². The number of nitrogens with zero attached hydrogens (tertiary/aromatic N) is 3. The second-order valence-electron chi connectivity index (χ2n) is 5.12. The van der Waals surface area contributed by atoms with E-state index in [-0.39, 0.29) is 18.0 Å². The van der Waals surface area contributed by atoms with Crippen molar-refractivity contribution in [2.45, 2.75) is 52.1 Å². The normalized spacial score (nSPS) is 19.5. The van der Waals surface area contributed by atoms with Gasteiger partial charge in [0.2, 0.25) is 5.91 Å². The summed E-state index contributed by atoms with van der Waals surface area (Å²) in [5, 5.41) is 4.12. The summed E-state index contributed by atoms with van der Waals surface area (Å²) in [5.41, 5.74) is 0.530. The van der Waals surface area contributed by atoms with Crippen molar-refractivity contribution in [1.29, 1.82) is 0 Å². The average molecular weight is 263 g/mol. The fourth-order valence-corrected chi connectivity index (χ4v) is 2.64. The molecule has 1 atom stereocenters. The van der Waals surface area contributed by atoms with Crippen LogP contribution in [-0.2, 0) is 11.3 Å². The van der Waals surface area contributed by atoms with Gasteiger partial charge < -0.3 is 4.90 Å². The highest BCUT2D eigenvalue weighted by molar-refractivity contribution is 5.76. The third-order valence-corrected chi connectivity index (χ3v) is 3.70. The molecular formula is C14H21N3O2. The highest BCUT2D eigenvalue weighted by atomic mass is 16.2. The SMILES string of the molecule is CCC1CCCCN1C(=O)Cn1nc(C)ccc1=O. The molecule has 5 heteroatoms. The van der Waals surface area contributed by atoms with Gasteiger partial charge in [0.05, 0.1) is 5.69 Å². The van der Waals surface area contributed by atoms with Gasteiger partial charge >= 0.3 is 0 Å². The zero-order chi connectivity index (χ0) is 13.8. The molecule has 0 aromatic carbocycles. The van der Waals surface area contributed by atoms with E-state index >= 15 is 0 Å². The topological polar surface area (TPSA) is 55.2 Å². The molecule has 104 valence electrons. The summed E-state index contributed by atoms with van der Waals surface area (Å²) in [6, 6.07) is 3.45. The molecule has 2 rings (SSSR count). The number of hydrogen-bond donors (Lipinski definition) is 0. The number of likely N-dealkylation sites (tertiary alicyclic amines) is 1. The Labute approximate surface area is 113 Å². The molecule has 0 aliphatic carbocycles. The van der Waals surface area contributed by atoms with E-state index in [9.17, 15) is 9.59 Å². The second kappa shape index (κ2) is 5.99. The summed E-state index contributed by atoms with van der Waals surface area (Å²) >= 11 is 0. The van der Waals surface area contributed by atoms with Crippen molar-refractivity contribution in [3.05, 3.63) is 28.2 Å². The molecule has 5 nitrogen and oxygen atoms in total. The van der Waals surface area contributed by atoms with Gasteiger partial charge in [-0.1, -0.05) is 6.92 Å². The molecule has 1 aromatic heterocycles. The molecule has 1 fully saturated rings. The predicted octanol–water partition coefficient (Wildman–Crippen LogP) is 1.34. The molecule has 19 heavy (non-hydrogen) atoms. The lowest BCUT2D eigenvalue weighted by molar-refractivity contribution is -0.135. The summed E-state index contributed by atoms with van der Waals surface area (Å²) in [5.74, 6) is 0.00625. The molecule has 0 saturated carbocycles. The zero-order valence-electron chi connectivity index (χ0n) is 11.6. The molecule has 1 aromatic rings. The first-order valence-corrected chi connectivity index (χ1v) is 6.96. The maximum Gasteiger partial charge on any atom is 0.267 e. The van der Waals surface area contributed by atoms with Crippen LogP contribution in [0.15, 0.2) is 16.9 Å². The van der Waals surface area contributed by atoms with Gasteiger partial charge in [-0.15, -0.1) is 0 Å². The number of amides is 1. The van der Waals surface area contributed by atoms with Gasteiger partial charge in [0.15, 0.2) is 0 Å². The van der Waals surface area contributed by atoms with Gasteiger partial charge in [-0.3, -0.25) is 9.59 Å². The van der Waals surface area contributed by atoms with Crippen molar-refractivity contribution in [3.63, 3.8) is 0 Å². The van der Waals surface area contributed by atoms with E-state index < -0.39 is 0 Å². The number of aryl methyl sites for hydroxylation is 1. The zero-order valence-corrected chi connectivity index (χ0v) is 11.6. The average Bonchev–Trinajstić information content (AvgIpc) is 2.42. The Morgan fingerprint density at radius 3 is 2.95 bits per heavy atom. The summed E-state index contributed by atoms with van der Waals surface area (Å²) < 4.78 is 1.26. The Kier molecular flexibility index (Phi) is 4.35. The van der Waals surface area contributed by atoms with Crippen molar-refractivity contribution < 1.29 is 4.79 Å². The van der Waals surface area contributed by atoms with E-state index in [1.54, 1.807) is 6.07 Å². The fraction of sp³-hybridized carbons (Fsp3) is 0.643. The minimum Gasteiger partial charge on any atom is -0.338 e. The molecule has 1 aliphatic rings. The van der Waals surface area contributed by atoms with Gasteiger partial charge in [0.1, 0.15) is 6.54 Å². The summed E-state index contributed by atoms with van der Waals surface area (Å²) in [6.45, 7) is 4.78. The molecule has 1 saturated heterocycles. The fourth-order valence-electron chi connectivity index (χ4n) is 2.64. The maximum absolute atomic E-state index is 12.3. The van der Waals surface area contributed by atoms with Crippen LogP contribution in [0.3, 0.4) is 0 Å². The lowest BCUT2D eigenvalue weighted by atomic mass is 10.00. The van der Waals surface area contributed by atoms with Gasteiger partial charge in [0, 0.05) is 18.7 Å². The number of aromatic nitrogens is 2. The Bertz CT molecular complexity index is 510. The van der Waals surface area contributed by atoms with Crippen LogP contribution in [0.25, 0.3) is 0 Å². The van der Waals surface area contributed by atoms with E-state index in [0.29, 0.717) is 6.04 Å². The van der Waals surface area contributed by atoms with Crippen molar-refractivity contribution in [2.75, 3.05) is 6.54 Å². The Balaban J connectivity index is 2.11. The van der Waals surface area contributed by atoms with Crippen molar-refractivity contribution in [2.24, 2.45) is 0 Å². The lowest BCUT2D eigenvalue weighted by Gasteiger charge is -2.35. The first-order valence-electron chi connectivity index (χ1n) is 6.96. The first-order chi connectivity index (χ1) is 9.11. The molecular weight excluding hydrogens is 242 g/mol. The van der Waals surface area contributed by atoms with Gasteiger partial charge in [-0.05, 0) is 38.7 Å². The lowest BCUT2D eigenvalue weighted by Crippen LogP contribution is -2.46. The van der Waals surface area contributed by atoms with Crippen LogP contribution >= 0.6 is 0 Å². The number of carbonyl (C=O) groups excluding carboxylic acids is 1. The third-order valence-electron chi connectivity index (χ3n) is 3.70. The Morgan fingerprint density at radius 2 is 2.21 bits per heavy atom. The minimum absolute atomic E-state index is 0.00625. The Hall–Kier alpha value is -1.65. The van der Waals surface area contributed by atoms with Crippen molar-refractivity contribution in [1.82, 2.24) is 14.7 Å². The first kappa shape index (κ1) is 13.8. The van der Waals surface area contributed by atoms with Gasteiger partial charge in [0.25, 0.3) is 5.56 Å². The van der Waals surface area contributed by atoms with E-state index in [1.807, 2.05) is 11.8 Å². The highest BCUT2D eigenvalue weighted by Gasteiger charge is 2.25. The van der Waals surface area contributed by atoms with Crippen LogP contribution in [0, 0.1) is 6.92 Å². The molecule has 1 aliphatic heterocycles. The Morgan fingerprint density at radius 1 is 1.42 bits per heavy atom. The monoisotopic (exact) mass is 263 g/mol. The van der Waals surface area contributed by atoms with Crippen LogP contribution in [-0.4, -0.2) is 33.2 Å². The van der Waals surface area contributed by atoms with Crippen LogP contribution in [0.2, 0.25) is 0 Å². The van der Waals surface area contributed by atoms with E-state index in [2.05, 4.69) is 12.0 Å². The highest BCUT2D eigenvalue weighted by Crippen LogP contribution is 2.19. The smallest absolute Gasteiger partial charge is 0.267 e. The van der Waals surface area contributed by atoms with E-state index in [4.69, 9.17) is 0 Å². The quantitative estimate of drug-likeness (QED) is 0.827. The standard InChI is InChI=1S/C14H21N3O2/c1-3-12-6-4-5-9-16(12)14(19)10-17-13(18)8-7-11(2)15-17/h7-8,12H,3-6,9-10H2,1-2H3. The van der Waals surface area contributed by atoms with Crippen molar-refractivity contribution >= 4 is 5.91 Å². The molecule has 2 heterocycles. The minimum atomic E-state index is -0.219. The molecule has 0 bridgehead atoms. The molecule has 1 amide bonds. The largest absolute Gasteiger partial charge is 0.338 e. The summed E-state index contributed by atoms with van der Waals surface area (Å²) in [7, 11) is 0. The van der Waals surface area contributed by atoms with Gasteiger partial charge in [-0.25, -0.2) is 4.68 Å². The number of piperidine rings is 1. The molecule has 0 spiro atoms. The summed E-state index contributed by atoms with van der Waals surface area (Å²) in [4.78, 5) is 25.9. The maximum atomic E-state index is 12.3. The third kappa shape index (κ3) is 3.22. The number of hydrogen-bond acceptors (Lipinski definition) is 3. The molecule has 0 radical (unpaired) electrons. The predicted molar refractivity (Wildman–Crippen MR) is 72.9 cm³/mol. The van der Waals surface area contributed by atoms with Crippen LogP contribution in [0.4, 0.5) is 0 Å². The molecule has 0 N–H and O–H groups in total. The van der Waals surface area contributed by atoms with Crippen LogP contribution in [0.1, 0.15) is 38.3 Å². The summed E-state index contributed by atoms with van der Waals surface area (Å²) in [6.07, 6.45) is 4.28. The number of carbonyl (C=O) groups is 1.